The lowest BCUT2D eigenvalue weighted by molar-refractivity contribution is -0.127. The summed E-state index contributed by atoms with van der Waals surface area (Å²) in [6.45, 7) is 9.34. The van der Waals surface area contributed by atoms with Gasteiger partial charge in [0.05, 0.1) is 11.6 Å². The van der Waals surface area contributed by atoms with E-state index in [9.17, 15) is 0 Å². The summed E-state index contributed by atoms with van der Waals surface area (Å²) in [6, 6.07) is 2.44. The lowest BCUT2D eigenvalue weighted by atomic mass is 9.64. The van der Waals surface area contributed by atoms with Gasteiger partial charge in [0, 0.05) is 24.3 Å². The van der Waals surface area contributed by atoms with Crippen LogP contribution >= 0.6 is 12.2 Å². The summed E-state index contributed by atoms with van der Waals surface area (Å²) in [4.78, 5) is 7.84. The average Bonchev–Trinajstić information content (AvgIpc) is 2.69. The summed E-state index contributed by atoms with van der Waals surface area (Å²) < 4.78 is 8.74. The van der Waals surface area contributed by atoms with Crippen molar-refractivity contribution in [2.24, 2.45) is 5.41 Å². The van der Waals surface area contributed by atoms with Crippen LogP contribution in [-0.4, -0.2) is 27.2 Å². The molecule has 0 radical (unpaired) electrons. The smallest absolute Gasteiger partial charge is 0.179 e. The summed E-state index contributed by atoms with van der Waals surface area (Å²) in [5.41, 5.74) is 3.19. The van der Waals surface area contributed by atoms with Crippen molar-refractivity contribution in [1.29, 1.82) is 0 Å². The Morgan fingerprint density at radius 3 is 2.95 bits per heavy atom. The molecule has 3 rings (SSSR count). The maximum Gasteiger partial charge on any atom is 0.179 e. The Balaban J connectivity index is 2.04. The third-order valence-electron chi connectivity index (χ3n) is 4.50. The lowest BCUT2D eigenvalue weighted by Gasteiger charge is -2.51. The number of nitrogens with one attached hydrogen (secondary N) is 1. The van der Waals surface area contributed by atoms with Crippen molar-refractivity contribution in [2.45, 2.75) is 46.3 Å². The van der Waals surface area contributed by atoms with Gasteiger partial charge < -0.3 is 9.72 Å². The summed E-state index contributed by atoms with van der Waals surface area (Å²) in [5.74, 6) is 0. The van der Waals surface area contributed by atoms with Crippen LogP contribution in [0.2, 0.25) is 0 Å². The van der Waals surface area contributed by atoms with Crippen molar-refractivity contribution in [1.82, 2.24) is 14.5 Å². The first-order valence-corrected chi connectivity index (χ1v) is 7.54. The Bertz CT molecular complexity index is 701. The average molecular weight is 291 g/mol. The number of ether oxygens (including phenoxy) is 1. The molecule has 0 bridgehead atoms. The summed E-state index contributed by atoms with van der Waals surface area (Å²) in [7, 11) is 0. The van der Waals surface area contributed by atoms with Gasteiger partial charge in [-0.3, -0.25) is 4.57 Å². The first-order chi connectivity index (χ1) is 9.45. The molecular weight excluding hydrogens is 270 g/mol. The molecule has 2 aromatic rings. The summed E-state index contributed by atoms with van der Waals surface area (Å²) in [5, 5.41) is 0. The van der Waals surface area contributed by atoms with E-state index >= 15 is 0 Å². The highest BCUT2D eigenvalue weighted by molar-refractivity contribution is 7.71. The van der Waals surface area contributed by atoms with Crippen LogP contribution in [0.3, 0.4) is 0 Å². The second kappa shape index (κ2) is 4.67. The van der Waals surface area contributed by atoms with E-state index in [0.29, 0.717) is 12.1 Å². The Morgan fingerprint density at radius 1 is 1.55 bits per heavy atom. The minimum Gasteiger partial charge on any atom is -0.378 e. The number of fused-ring (bicyclic) bond motifs is 1. The minimum absolute atomic E-state index is 0.0793. The zero-order valence-electron chi connectivity index (χ0n) is 12.4. The van der Waals surface area contributed by atoms with E-state index in [0.717, 1.165) is 34.5 Å². The number of pyridine rings is 1. The highest BCUT2D eigenvalue weighted by Gasteiger charge is 2.50. The fourth-order valence-corrected chi connectivity index (χ4v) is 3.52. The zero-order chi connectivity index (χ0) is 14.5. The van der Waals surface area contributed by atoms with Crippen molar-refractivity contribution in [3.05, 3.63) is 22.6 Å². The largest absolute Gasteiger partial charge is 0.378 e. The monoisotopic (exact) mass is 291 g/mol. The van der Waals surface area contributed by atoms with Crippen molar-refractivity contribution in [2.75, 3.05) is 6.61 Å². The van der Waals surface area contributed by atoms with Crippen LogP contribution in [0.4, 0.5) is 0 Å². The molecule has 4 nitrogen and oxygen atoms in total. The Kier molecular flexibility index (Phi) is 3.21. The Hall–Kier alpha value is -1.20. The van der Waals surface area contributed by atoms with Gasteiger partial charge in [0.25, 0.3) is 0 Å². The number of hydrogen-bond donors (Lipinski definition) is 1. The minimum atomic E-state index is 0.0793. The van der Waals surface area contributed by atoms with Gasteiger partial charge in [0.2, 0.25) is 0 Å². The van der Waals surface area contributed by atoms with Gasteiger partial charge >= 0.3 is 0 Å². The van der Waals surface area contributed by atoms with Gasteiger partial charge in [-0.1, -0.05) is 13.8 Å². The van der Waals surface area contributed by atoms with E-state index in [1.807, 2.05) is 20.0 Å². The van der Waals surface area contributed by atoms with Crippen LogP contribution < -0.4 is 0 Å². The van der Waals surface area contributed by atoms with E-state index in [-0.39, 0.29) is 5.41 Å². The molecule has 0 saturated heterocycles. The normalized spacial score (nSPS) is 24.8. The molecule has 1 aliphatic carbocycles. The van der Waals surface area contributed by atoms with Crippen LogP contribution in [0.25, 0.3) is 11.2 Å². The molecule has 0 aromatic carbocycles. The van der Waals surface area contributed by atoms with Crippen LogP contribution in [0.15, 0.2) is 12.3 Å². The van der Waals surface area contributed by atoms with Gasteiger partial charge in [-0.15, -0.1) is 0 Å². The molecule has 0 spiro atoms. The van der Waals surface area contributed by atoms with Crippen LogP contribution in [0.5, 0.6) is 0 Å². The molecule has 20 heavy (non-hydrogen) atoms. The fraction of sp³-hybridized carbons (Fsp3) is 0.600. The molecule has 1 saturated carbocycles. The molecule has 1 aliphatic rings. The molecular formula is C15H21N3OS. The quantitative estimate of drug-likeness (QED) is 0.875. The zero-order valence-corrected chi connectivity index (χ0v) is 13.3. The molecule has 108 valence electrons. The summed E-state index contributed by atoms with van der Waals surface area (Å²) >= 11 is 5.51. The highest BCUT2D eigenvalue weighted by Crippen LogP contribution is 2.52. The number of aromatic nitrogens is 3. The topological polar surface area (TPSA) is 42.8 Å². The first-order valence-electron chi connectivity index (χ1n) is 7.13. The summed E-state index contributed by atoms with van der Waals surface area (Å²) in [6.07, 6.45) is 3.19. The molecule has 1 fully saturated rings. The first kappa shape index (κ1) is 13.8. The lowest BCUT2D eigenvalue weighted by Crippen LogP contribution is -2.51. The van der Waals surface area contributed by atoms with Gasteiger partial charge in [-0.2, -0.15) is 0 Å². The van der Waals surface area contributed by atoms with Gasteiger partial charge in [0.1, 0.15) is 0 Å². The van der Waals surface area contributed by atoms with Crippen molar-refractivity contribution >= 4 is 23.4 Å². The molecule has 2 heterocycles. The molecule has 5 heteroatoms. The van der Waals surface area contributed by atoms with E-state index in [4.69, 9.17) is 17.0 Å². The Morgan fingerprint density at radius 2 is 2.30 bits per heavy atom. The van der Waals surface area contributed by atoms with E-state index in [1.54, 1.807) is 0 Å². The van der Waals surface area contributed by atoms with Crippen molar-refractivity contribution in [3.63, 3.8) is 0 Å². The SMILES string of the molecule is CCOC1CC(n2c(=S)[nH]c3cc(C)cnc32)C1(C)C. The number of rotatable bonds is 3. The third-order valence-corrected chi connectivity index (χ3v) is 4.80. The molecule has 2 atom stereocenters. The molecule has 0 amide bonds. The van der Waals surface area contributed by atoms with Gasteiger partial charge in [0.15, 0.2) is 10.4 Å². The number of aromatic amines is 1. The second-order valence-electron chi connectivity index (χ2n) is 6.20. The predicted octanol–water partition coefficient (Wildman–Crippen LogP) is 3.78. The number of aryl methyl sites for hydroxylation is 1. The van der Waals surface area contributed by atoms with E-state index in [2.05, 4.69) is 34.4 Å². The fourth-order valence-electron chi connectivity index (χ4n) is 3.19. The van der Waals surface area contributed by atoms with E-state index < -0.39 is 0 Å². The number of hydrogen-bond acceptors (Lipinski definition) is 3. The van der Waals surface area contributed by atoms with Crippen LogP contribution in [0.1, 0.15) is 38.8 Å². The Labute approximate surface area is 124 Å². The second-order valence-corrected chi connectivity index (χ2v) is 6.59. The molecule has 0 aliphatic heterocycles. The third kappa shape index (κ3) is 1.91. The van der Waals surface area contributed by atoms with Crippen LogP contribution in [-0.2, 0) is 4.74 Å². The van der Waals surface area contributed by atoms with E-state index in [1.165, 1.54) is 0 Å². The molecule has 2 unspecified atom stereocenters. The number of H-pyrrole nitrogens is 1. The standard InChI is InChI=1S/C15H21N3OS/c1-5-19-12-7-11(15(12,3)4)18-13-10(17-14(18)20)6-9(2)8-16-13/h6,8,11-12H,5,7H2,1-4H3,(H,17,20). The predicted molar refractivity (Wildman–Crippen MR) is 82.5 cm³/mol. The number of imidazole rings is 1. The van der Waals surface area contributed by atoms with Gasteiger partial charge in [-0.25, -0.2) is 4.98 Å². The highest BCUT2D eigenvalue weighted by atomic mass is 32.1. The number of nitrogens with zero attached hydrogens (tertiary/aromatic N) is 2. The molecule has 2 aromatic heterocycles. The van der Waals surface area contributed by atoms with Crippen LogP contribution in [0, 0.1) is 17.1 Å². The van der Waals surface area contributed by atoms with Crippen molar-refractivity contribution in [3.8, 4) is 0 Å². The van der Waals surface area contributed by atoms with Crippen molar-refractivity contribution < 1.29 is 4.74 Å². The molecule has 1 N–H and O–H groups in total. The maximum absolute atomic E-state index is 5.81. The van der Waals surface area contributed by atoms with Gasteiger partial charge in [-0.05, 0) is 44.1 Å². The maximum atomic E-state index is 5.81.